The van der Waals surface area contributed by atoms with Gasteiger partial charge in [0.1, 0.15) is 11.6 Å². The van der Waals surface area contributed by atoms with Gasteiger partial charge in [0.25, 0.3) is 0 Å². The van der Waals surface area contributed by atoms with Crippen LogP contribution in [0.15, 0.2) is 18.5 Å². The van der Waals surface area contributed by atoms with E-state index < -0.39 is 0 Å². The number of Topliss-reactive ketones (excluding diaryl/α,β-unsaturated/α-hetero) is 1. The number of nitrogens with zero attached hydrogens (tertiary/aromatic N) is 6. The fraction of sp³-hybridized carbons (Fsp3) is 0.400. The highest BCUT2D eigenvalue weighted by atomic mass is 16.1. The second kappa shape index (κ2) is 4.72. The third-order valence-electron chi connectivity index (χ3n) is 3.84. The van der Waals surface area contributed by atoms with E-state index in [2.05, 4.69) is 20.2 Å². The molecule has 0 amide bonds. The first-order valence-corrected chi connectivity index (χ1v) is 7.35. The zero-order valence-electron chi connectivity index (χ0n) is 12.5. The molecule has 1 fully saturated rings. The standard InChI is InChI=1S/C15H16N6O/c1-9-17-14-6-12(5-13(22)10-3-4-10)18-15(21(14)19-9)11-7-16-20(2)8-11/h6-8,10H,3-5H2,1-2H3. The number of ketones is 1. The van der Waals surface area contributed by atoms with E-state index in [9.17, 15) is 4.79 Å². The van der Waals surface area contributed by atoms with Gasteiger partial charge in [0.05, 0.1) is 17.5 Å². The quantitative estimate of drug-likeness (QED) is 0.726. The van der Waals surface area contributed by atoms with Gasteiger partial charge in [0, 0.05) is 31.6 Å². The summed E-state index contributed by atoms with van der Waals surface area (Å²) in [4.78, 5) is 21.1. The van der Waals surface area contributed by atoms with Crippen molar-refractivity contribution in [3.8, 4) is 11.4 Å². The Hall–Kier alpha value is -2.57. The summed E-state index contributed by atoms with van der Waals surface area (Å²) in [6, 6.07) is 1.85. The SMILES string of the molecule is Cc1nc2cc(CC(=O)C3CC3)nc(-c3cnn(C)c3)n2n1. The molecule has 0 radical (unpaired) electrons. The molecule has 0 unspecified atom stereocenters. The summed E-state index contributed by atoms with van der Waals surface area (Å²) in [7, 11) is 1.85. The largest absolute Gasteiger partial charge is 0.299 e. The van der Waals surface area contributed by atoms with Gasteiger partial charge in [-0.2, -0.15) is 9.61 Å². The van der Waals surface area contributed by atoms with Crippen molar-refractivity contribution in [2.45, 2.75) is 26.2 Å². The number of carbonyl (C=O) groups is 1. The molecule has 3 aromatic rings. The van der Waals surface area contributed by atoms with Crippen LogP contribution in [0.1, 0.15) is 24.4 Å². The fourth-order valence-electron chi connectivity index (χ4n) is 2.59. The van der Waals surface area contributed by atoms with Crippen LogP contribution in [0.5, 0.6) is 0 Å². The molecule has 0 saturated heterocycles. The van der Waals surface area contributed by atoms with Crippen molar-refractivity contribution in [3.05, 3.63) is 30.0 Å². The number of aromatic nitrogens is 6. The van der Waals surface area contributed by atoms with Crippen molar-refractivity contribution in [2.75, 3.05) is 0 Å². The maximum Gasteiger partial charge on any atom is 0.166 e. The van der Waals surface area contributed by atoms with Gasteiger partial charge in [-0.05, 0) is 19.8 Å². The average molecular weight is 296 g/mol. The zero-order chi connectivity index (χ0) is 15.3. The Kier molecular flexibility index (Phi) is 2.82. The van der Waals surface area contributed by atoms with Gasteiger partial charge in [-0.3, -0.25) is 9.48 Å². The van der Waals surface area contributed by atoms with E-state index in [0.29, 0.717) is 23.7 Å². The zero-order valence-corrected chi connectivity index (χ0v) is 12.5. The van der Waals surface area contributed by atoms with Crippen LogP contribution in [0.2, 0.25) is 0 Å². The molecule has 0 aromatic carbocycles. The lowest BCUT2D eigenvalue weighted by Crippen LogP contribution is -2.09. The van der Waals surface area contributed by atoms with Gasteiger partial charge in [-0.1, -0.05) is 0 Å². The van der Waals surface area contributed by atoms with Crippen LogP contribution in [-0.2, 0) is 18.3 Å². The smallest absolute Gasteiger partial charge is 0.166 e. The normalized spacial score (nSPS) is 14.6. The molecular weight excluding hydrogens is 280 g/mol. The second-order valence-electron chi connectivity index (χ2n) is 5.82. The summed E-state index contributed by atoms with van der Waals surface area (Å²) in [6.45, 7) is 1.84. The van der Waals surface area contributed by atoms with Crippen LogP contribution >= 0.6 is 0 Å². The molecule has 3 heterocycles. The van der Waals surface area contributed by atoms with Gasteiger partial charge >= 0.3 is 0 Å². The molecule has 0 spiro atoms. The van der Waals surface area contributed by atoms with E-state index in [4.69, 9.17) is 0 Å². The van der Waals surface area contributed by atoms with Gasteiger partial charge < -0.3 is 0 Å². The van der Waals surface area contributed by atoms with Crippen LogP contribution in [0.25, 0.3) is 17.0 Å². The molecule has 1 aliphatic rings. The highest BCUT2D eigenvalue weighted by Crippen LogP contribution is 2.31. The van der Waals surface area contributed by atoms with E-state index in [1.165, 1.54) is 0 Å². The Morgan fingerprint density at radius 3 is 2.86 bits per heavy atom. The summed E-state index contributed by atoms with van der Waals surface area (Å²) in [5.74, 6) is 1.85. The first-order valence-electron chi connectivity index (χ1n) is 7.35. The van der Waals surface area contributed by atoms with E-state index >= 15 is 0 Å². The molecule has 1 aliphatic carbocycles. The number of fused-ring (bicyclic) bond motifs is 1. The molecule has 3 aromatic heterocycles. The van der Waals surface area contributed by atoms with Crippen molar-refractivity contribution in [1.82, 2.24) is 29.4 Å². The molecule has 112 valence electrons. The van der Waals surface area contributed by atoms with E-state index in [-0.39, 0.29) is 11.7 Å². The third-order valence-corrected chi connectivity index (χ3v) is 3.84. The Bertz CT molecular complexity index is 873. The summed E-state index contributed by atoms with van der Waals surface area (Å²) in [5, 5.41) is 8.57. The number of hydrogen-bond acceptors (Lipinski definition) is 5. The Labute approximate surface area is 127 Å². The summed E-state index contributed by atoms with van der Waals surface area (Å²) in [6.07, 6.45) is 6.01. The van der Waals surface area contributed by atoms with Crippen molar-refractivity contribution < 1.29 is 4.79 Å². The van der Waals surface area contributed by atoms with Gasteiger partial charge in [-0.25, -0.2) is 9.97 Å². The lowest BCUT2D eigenvalue weighted by molar-refractivity contribution is -0.119. The maximum absolute atomic E-state index is 12.1. The molecule has 22 heavy (non-hydrogen) atoms. The molecule has 1 saturated carbocycles. The van der Waals surface area contributed by atoms with Crippen LogP contribution in [0.3, 0.4) is 0 Å². The van der Waals surface area contributed by atoms with Crippen molar-refractivity contribution in [1.29, 1.82) is 0 Å². The first-order chi connectivity index (χ1) is 10.6. The van der Waals surface area contributed by atoms with Gasteiger partial charge in [-0.15, -0.1) is 5.10 Å². The van der Waals surface area contributed by atoms with E-state index in [1.54, 1.807) is 15.4 Å². The number of aryl methyl sites for hydroxylation is 2. The Balaban J connectivity index is 1.83. The van der Waals surface area contributed by atoms with Crippen molar-refractivity contribution >= 4 is 11.4 Å². The number of carbonyl (C=O) groups excluding carboxylic acids is 1. The molecule has 0 N–H and O–H groups in total. The van der Waals surface area contributed by atoms with Crippen LogP contribution in [0, 0.1) is 12.8 Å². The summed E-state index contributed by atoms with van der Waals surface area (Å²) >= 11 is 0. The summed E-state index contributed by atoms with van der Waals surface area (Å²) in [5.41, 5.74) is 2.32. The average Bonchev–Trinajstić information content (AvgIpc) is 3.13. The molecule has 7 nitrogen and oxygen atoms in total. The highest BCUT2D eigenvalue weighted by Gasteiger charge is 2.29. The van der Waals surface area contributed by atoms with Crippen LogP contribution < -0.4 is 0 Å². The highest BCUT2D eigenvalue weighted by molar-refractivity contribution is 5.85. The lowest BCUT2D eigenvalue weighted by atomic mass is 10.1. The molecule has 7 heteroatoms. The van der Waals surface area contributed by atoms with E-state index in [1.807, 2.05) is 26.2 Å². The van der Waals surface area contributed by atoms with Crippen molar-refractivity contribution in [2.24, 2.45) is 13.0 Å². The first kappa shape index (κ1) is 13.1. The molecule has 0 bridgehead atoms. The minimum atomic E-state index is 0.236. The predicted molar refractivity (Wildman–Crippen MR) is 79.2 cm³/mol. The van der Waals surface area contributed by atoms with Crippen LogP contribution in [0.4, 0.5) is 0 Å². The third kappa shape index (κ3) is 2.28. The minimum Gasteiger partial charge on any atom is -0.299 e. The Morgan fingerprint density at radius 1 is 1.36 bits per heavy atom. The molecule has 4 rings (SSSR count). The van der Waals surface area contributed by atoms with Crippen LogP contribution in [-0.4, -0.2) is 35.1 Å². The van der Waals surface area contributed by atoms with E-state index in [0.717, 1.165) is 24.1 Å². The Morgan fingerprint density at radius 2 is 2.18 bits per heavy atom. The minimum absolute atomic E-state index is 0.236. The van der Waals surface area contributed by atoms with Crippen molar-refractivity contribution in [3.63, 3.8) is 0 Å². The molecule has 0 atom stereocenters. The summed E-state index contributed by atoms with van der Waals surface area (Å²) < 4.78 is 3.42. The predicted octanol–water partition coefficient (Wildman–Crippen LogP) is 1.35. The van der Waals surface area contributed by atoms with Gasteiger partial charge in [0.2, 0.25) is 0 Å². The maximum atomic E-state index is 12.1. The topological polar surface area (TPSA) is 78.0 Å². The molecule has 0 aliphatic heterocycles. The fourth-order valence-corrected chi connectivity index (χ4v) is 2.59. The lowest BCUT2D eigenvalue weighted by Gasteiger charge is -2.05. The second-order valence-corrected chi connectivity index (χ2v) is 5.82. The molecular formula is C15H16N6O. The number of rotatable bonds is 4. The van der Waals surface area contributed by atoms with Gasteiger partial charge in [0.15, 0.2) is 11.5 Å². The monoisotopic (exact) mass is 296 g/mol. The number of hydrogen-bond donors (Lipinski definition) is 0.